The van der Waals surface area contributed by atoms with Crippen LogP contribution < -0.4 is 10.6 Å². The van der Waals surface area contributed by atoms with Crippen LogP contribution in [0.4, 0.5) is 17.2 Å². The van der Waals surface area contributed by atoms with Crippen LogP contribution in [0, 0.1) is 10.1 Å². The number of hydrogen-bond acceptors (Lipinski definition) is 7. The molecule has 11 nitrogen and oxygen atoms in total. The fourth-order valence-electron chi connectivity index (χ4n) is 2.81. The number of benzene rings is 2. The van der Waals surface area contributed by atoms with E-state index in [4.69, 9.17) is 0 Å². The molecule has 2 N–H and O–H groups in total. The van der Waals surface area contributed by atoms with Gasteiger partial charge in [0.05, 0.1) is 16.8 Å². The second-order valence-electron chi connectivity index (χ2n) is 6.68. The minimum Gasteiger partial charge on any atom is -0.321 e. The Kier molecular flexibility index (Phi) is 6.17. The lowest BCUT2D eigenvalue weighted by atomic mass is 10.2. The second-order valence-corrected chi connectivity index (χ2v) is 7.59. The number of amides is 2. The van der Waals surface area contributed by atoms with Crippen molar-refractivity contribution in [1.82, 2.24) is 20.0 Å². The number of non-ortho nitro benzene ring substituents is 1. The van der Waals surface area contributed by atoms with Gasteiger partial charge in [-0.3, -0.25) is 19.7 Å². The minimum absolute atomic E-state index is 0.00424. The van der Waals surface area contributed by atoms with Gasteiger partial charge in [0, 0.05) is 34.1 Å². The summed E-state index contributed by atoms with van der Waals surface area (Å²) < 4.78 is 2.05. The number of anilines is 2. The lowest BCUT2D eigenvalue weighted by molar-refractivity contribution is -0.384. The molecule has 4 aromatic rings. The van der Waals surface area contributed by atoms with Gasteiger partial charge < -0.3 is 10.6 Å². The number of pyridine rings is 1. The van der Waals surface area contributed by atoms with Gasteiger partial charge in [0.15, 0.2) is 5.69 Å². The molecule has 4 rings (SSSR count). The predicted octanol–water partition coefficient (Wildman–Crippen LogP) is 3.84. The summed E-state index contributed by atoms with van der Waals surface area (Å²) in [5.41, 5.74) is 0.966. The first-order valence-electron chi connectivity index (χ1n) is 9.40. The van der Waals surface area contributed by atoms with E-state index in [1.54, 1.807) is 42.6 Å². The molecule has 0 spiro atoms. The number of carbonyl (C=O) groups is 2. The highest BCUT2D eigenvalue weighted by atomic mass is 79.9. The first kappa shape index (κ1) is 21.8. The number of rotatable bonds is 6. The Bertz CT molecular complexity index is 1350. The molecule has 12 heteroatoms. The van der Waals surface area contributed by atoms with Crippen LogP contribution in [0.2, 0.25) is 0 Å². The van der Waals surface area contributed by atoms with Crippen LogP contribution in [-0.2, 0) is 0 Å². The van der Waals surface area contributed by atoms with Crippen LogP contribution in [0.3, 0.4) is 0 Å². The maximum absolute atomic E-state index is 12.6. The van der Waals surface area contributed by atoms with E-state index in [1.165, 1.54) is 35.1 Å². The maximum Gasteiger partial charge on any atom is 0.277 e. The van der Waals surface area contributed by atoms with Crippen LogP contribution in [-0.4, -0.2) is 36.7 Å². The molecule has 0 unspecified atom stereocenters. The highest BCUT2D eigenvalue weighted by molar-refractivity contribution is 9.10. The van der Waals surface area contributed by atoms with Crippen molar-refractivity contribution in [3.8, 4) is 5.69 Å². The molecule has 0 fully saturated rings. The molecule has 0 aliphatic carbocycles. The van der Waals surface area contributed by atoms with Gasteiger partial charge in [0.2, 0.25) is 0 Å². The van der Waals surface area contributed by atoms with E-state index in [9.17, 15) is 19.7 Å². The van der Waals surface area contributed by atoms with E-state index in [0.29, 0.717) is 22.8 Å². The van der Waals surface area contributed by atoms with E-state index >= 15 is 0 Å². The molecule has 2 aromatic carbocycles. The Morgan fingerprint density at radius 3 is 2.58 bits per heavy atom. The van der Waals surface area contributed by atoms with E-state index in [0.717, 1.165) is 4.47 Å². The second kappa shape index (κ2) is 9.36. The summed E-state index contributed by atoms with van der Waals surface area (Å²) >= 11 is 3.28. The molecular weight excluding hydrogens is 494 g/mol. The Morgan fingerprint density at radius 1 is 1.00 bits per heavy atom. The Morgan fingerprint density at radius 2 is 1.82 bits per heavy atom. The van der Waals surface area contributed by atoms with Gasteiger partial charge in [-0.05, 0) is 52.3 Å². The zero-order valence-electron chi connectivity index (χ0n) is 16.7. The SMILES string of the molecule is O=C(Nc1ccc(Br)cn1)c1cccc(NC(=O)c2cn(-c3cccc([N+](=O)[O-])c3)nn2)c1. The van der Waals surface area contributed by atoms with Crippen LogP contribution in [0.25, 0.3) is 5.69 Å². The number of nitrogens with zero attached hydrogens (tertiary/aromatic N) is 5. The number of nitro benzene ring substituents is 1. The van der Waals surface area contributed by atoms with Crippen molar-refractivity contribution < 1.29 is 14.5 Å². The molecule has 0 bridgehead atoms. The smallest absolute Gasteiger partial charge is 0.277 e. The van der Waals surface area contributed by atoms with Crippen LogP contribution in [0.15, 0.2) is 77.5 Å². The van der Waals surface area contributed by atoms with Gasteiger partial charge in [0.1, 0.15) is 5.82 Å². The van der Waals surface area contributed by atoms with Gasteiger partial charge in [0.25, 0.3) is 17.5 Å². The molecule has 2 amide bonds. The first-order valence-corrected chi connectivity index (χ1v) is 10.2. The quantitative estimate of drug-likeness (QED) is 0.297. The number of aromatic nitrogens is 4. The van der Waals surface area contributed by atoms with E-state index in [1.807, 2.05) is 0 Å². The van der Waals surface area contributed by atoms with Crippen molar-refractivity contribution in [2.24, 2.45) is 0 Å². The summed E-state index contributed by atoms with van der Waals surface area (Å²) in [5.74, 6) is -0.563. The third kappa shape index (κ3) is 5.25. The van der Waals surface area contributed by atoms with Crippen molar-refractivity contribution in [1.29, 1.82) is 0 Å². The van der Waals surface area contributed by atoms with Crippen LogP contribution in [0.1, 0.15) is 20.8 Å². The maximum atomic E-state index is 12.6. The highest BCUT2D eigenvalue weighted by Gasteiger charge is 2.15. The number of nitrogens with one attached hydrogen (secondary N) is 2. The normalized spacial score (nSPS) is 10.5. The third-order valence-electron chi connectivity index (χ3n) is 4.38. The number of carbonyl (C=O) groups excluding carboxylic acids is 2. The lowest BCUT2D eigenvalue weighted by Gasteiger charge is -2.07. The average molecular weight is 508 g/mol. The Balaban J connectivity index is 1.46. The van der Waals surface area contributed by atoms with E-state index < -0.39 is 16.7 Å². The first-order chi connectivity index (χ1) is 15.9. The van der Waals surface area contributed by atoms with Gasteiger partial charge in [-0.15, -0.1) is 5.10 Å². The van der Waals surface area contributed by atoms with Crippen molar-refractivity contribution in [3.05, 3.63) is 98.9 Å². The third-order valence-corrected chi connectivity index (χ3v) is 4.85. The minimum atomic E-state index is -0.557. The van der Waals surface area contributed by atoms with Gasteiger partial charge in [-0.2, -0.15) is 0 Å². The summed E-state index contributed by atoms with van der Waals surface area (Å²) in [6, 6.07) is 15.5. The zero-order valence-corrected chi connectivity index (χ0v) is 18.3. The number of hydrogen-bond donors (Lipinski definition) is 2. The van der Waals surface area contributed by atoms with Crippen molar-refractivity contribution >= 4 is 44.9 Å². The largest absolute Gasteiger partial charge is 0.321 e. The van der Waals surface area contributed by atoms with Crippen LogP contribution in [0.5, 0.6) is 0 Å². The molecule has 0 saturated heterocycles. The molecular formula is C21H14BrN7O4. The van der Waals surface area contributed by atoms with Gasteiger partial charge in [-0.25, -0.2) is 9.67 Å². The highest BCUT2D eigenvalue weighted by Crippen LogP contribution is 2.17. The number of nitro groups is 1. The lowest BCUT2D eigenvalue weighted by Crippen LogP contribution is -2.15. The zero-order chi connectivity index (χ0) is 23.4. The molecule has 164 valence electrons. The molecule has 2 heterocycles. The molecule has 0 atom stereocenters. The molecule has 0 saturated carbocycles. The van der Waals surface area contributed by atoms with Crippen molar-refractivity contribution in [2.75, 3.05) is 10.6 Å². The fourth-order valence-corrected chi connectivity index (χ4v) is 3.05. The Hall–Kier alpha value is -4.45. The molecule has 0 radical (unpaired) electrons. The van der Waals surface area contributed by atoms with Gasteiger partial charge >= 0.3 is 0 Å². The van der Waals surface area contributed by atoms with Crippen molar-refractivity contribution in [2.45, 2.75) is 0 Å². The summed E-state index contributed by atoms with van der Waals surface area (Å²) in [6.45, 7) is 0. The summed E-state index contributed by atoms with van der Waals surface area (Å²) in [4.78, 5) is 39.6. The van der Waals surface area contributed by atoms with E-state index in [2.05, 4.69) is 41.9 Å². The monoisotopic (exact) mass is 507 g/mol. The van der Waals surface area contributed by atoms with E-state index in [-0.39, 0.29) is 11.4 Å². The molecule has 0 aliphatic rings. The standard InChI is InChI=1S/C21H14BrN7O4/c22-14-7-8-19(23-11-14)25-20(30)13-3-1-4-15(9-13)24-21(31)18-12-28(27-26-18)16-5-2-6-17(10-16)29(32)33/h1-12H,(H,24,31)(H,23,25,30). The number of halogens is 1. The van der Waals surface area contributed by atoms with Crippen molar-refractivity contribution in [3.63, 3.8) is 0 Å². The predicted molar refractivity (Wildman–Crippen MR) is 122 cm³/mol. The topological polar surface area (TPSA) is 145 Å². The summed E-state index contributed by atoms with van der Waals surface area (Å²) in [7, 11) is 0. The van der Waals surface area contributed by atoms with Gasteiger partial charge in [-0.1, -0.05) is 17.3 Å². The summed E-state index contributed by atoms with van der Waals surface area (Å²) in [5, 5.41) is 24.0. The average Bonchev–Trinajstić information content (AvgIpc) is 3.31. The fraction of sp³-hybridized carbons (Fsp3) is 0. The van der Waals surface area contributed by atoms with Crippen LogP contribution >= 0.6 is 15.9 Å². The molecule has 2 aromatic heterocycles. The molecule has 33 heavy (non-hydrogen) atoms. The Labute approximate surface area is 194 Å². The summed E-state index contributed by atoms with van der Waals surface area (Å²) in [6.07, 6.45) is 2.91. The molecule has 0 aliphatic heterocycles.